The van der Waals surface area contributed by atoms with Crippen LogP contribution in [0.2, 0.25) is 0 Å². The van der Waals surface area contributed by atoms with Crippen LogP contribution in [0.5, 0.6) is 0 Å². The lowest BCUT2D eigenvalue weighted by atomic mass is 9.88. The maximum atomic E-state index is 11.5. The second-order valence-corrected chi connectivity index (χ2v) is 5.62. The molecule has 0 fully saturated rings. The molecule has 0 heterocycles. The molecule has 2 atom stereocenters. The largest absolute Gasteiger partial charge is 0.469 e. The van der Waals surface area contributed by atoms with Gasteiger partial charge in [-0.3, -0.25) is 4.79 Å². The highest BCUT2D eigenvalue weighted by Crippen LogP contribution is 2.26. The first-order valence-corrected chi connectivity index (χ1v) is 7.75. The molecule has 1 aliphatic rings. The zero-order valence-electron chi connectivity index (χ0n) is 12.9. The highest BCUT2D eigenvalue weighted by molar-refractivity contribution is 5.70. The standard InChI is InChI=1S/C17H25NO3/c1-3-18-15(11-16(19)21-2)17(20)14-9-8-12-6-4-5-7-13(12)10-14/h8-10,15,17-18,20H,3-7,11H2,1-2H3. The number of methoxy groups -OCH3 is 1. The lowest BCUT2D eigenvalue weighted by Gasteiger charge is -2.25. The van der Waals surface area contributed by atoms with E-state index in [2.05, 4.69) is 17.4 Å². The van der Waals surface area contributed by atoms with E-state index >= 15 is 0 Å². The molecular weight excluding hydrogens is 266 g/mol. The first-order chi connectivity index (χ1) is 10.2. The number of fused-ring (bicyclic) bond motifs is 1. The molecule has 0 saturated carbocycles. The van der Waals surface area contributed by atoms with Crippen LogP contribution in [-0.2, 0) is 22.4 Å². The summed E-state index contributed by atoms with van der Waals surface area (Å²) in [7, 11) is 1.37. The molecule has 2 N–H and O–H groups in total. The zero-order valence-corrected chi connectivity index (χ0v) is 12.9. The van der Waals surface area contributed by atoms with Crippen LogP contribution in [0.15, 0.2) is 18.2 Å². The number of carbonyl (C=O) groups excluding carboxylic acids is 1. The molecule has 4 nitrogen and oxygen atoms in total. The van der Waals surface area contributed by atoms with Crippen molar-refractivity contribution in [1.82, 2.24) is 5.32 Å². The molecule has 0 radical (unpaired) electrons. The third-order valence-electron chi connectivity index (χ3n) is 4.18. The SMILES string of the molecule is CCNC(CC(=O)OC)C(O)c1ccc2c(c1)CCCC2. The average molecular weight is 291 g/mol. The van der Waals surface area contributed by atoms with Gasteiger partial charge >= 0.3 is 5.97 Å². The van der Waals surface area contributed by atoms with Crippen LogP contribution in [0, 0.1) is 0 Å². The number of ether oxygens (including phenoxy) is 1. The number of hydrogen-bond acceptors (Lipinski definition) is 4. The van der Waals surface area contributed by atoms with Gasteiger partial charge in [-0.2, -0.15) is 0 Å². The van der Waals surface area contributed by atoms with Crippen molar-refractivity contribution in [1.29, 1.82) is 0 Å². The number of aryl methyl sites for hydroxylation is 2. The Morgan fingerprint density at radius 3 is 2.71 bits per heavy atom. The zero-order chi connectivity index (χ0) is 15.2. The van der Waals surface area contributed by atoms with E-state index in [-0.39, 0.29) is 18.4 Å². The summed E-state index contributed by atoms with van der Waals surface area (Å²) < 4.78 is 4.71. The summed E-state index contributed by atoms with van der Waals surface area (Å²) in [5.74, 6) is -0.307. The van der Waals surface area contributed by atoms with E-state index in [0.717, 1.165) is 18.4 Å². The van der Waals surface area contributed by atoms with Crippen LogP contribution in [-0.4, -0.2) is 30.8 Å². The normalized spacial score (nSPS) is 16.9. The van der Waals surface area contributed by atoms with E-state index in [1.807, 2.05) is 13.0 Å². The molecule has 1 aromatic carbocycles. The first-order valence-electron chi connectivity index (χ1n) is 7.75. The highest BCUT2D eigenvalue weighted by Gasteiger charge is 2.24. The van der Waals surface area contributed by atoms with Gasteiger partial charge in [0.15, 0.2) is 0 Å². The summed E-state index contributed by atoms with van der Waals surface area (Å²) in [5, 5.41) is 13.8. The first kappa shape index (κ1) is 16.0. The number of esters is 1. The van der Waals surface area contributed by atoms with Crippen LogP contribution in [0.4, 0.5) is 0 Å². The third kappa shape index (κ3) is 4.05. The Labute approximate surface area is 126 Å². The van der Waals surface area contributed by atoms with Crippen LogP contribution in [0.1, 0.15) is 49.0 Å². The van der Waals surface area contributed by atoms with Gasteiger partial charge in [0.2, 0.25) is 0 Å². The third-order valence-corrected chi connectivity index (χ3v) is 4.18. The molecule has 0 bridgehead atoms. The number of rotatable bonds is 6. The van der Waals surface area contributed by atoms with Crippen molar-refractivity contribution in [3.05, 3.63) is 34.9 Å². The molecule has 0 spiro atoms. The molecule has 0 aliphatic heterocycles. The molecule has 0 amide bonds. The Kier molecular flexibility index (Phi) is 5.76. The molecule has 2 rings (SSSR count). The number of benzene rings is 1. The fourth-order valence-corrected chi connectivity index (χ4v) is 2.99. The van der Waals surface area contributed by atoms with Gasteiger partial charge in [0.05, 0.1) is 19.6 Å². The van der Waals surface area contributed by atoms with Crippen LogP contribution < -0.4 is 5.32 Å². The molecular formula is C17H25NO3. The van der Waals surface area contributed by atoms with Crippen LogP contribution >= 0.6 is 0 Å². The van der Waals surface area contributed by atoms with Crippen molar-refractivity contribution in [2.75, 3.05) is 13.7 Å². The summed E-state index contributed by atoms with van der Waals surface area (Å²) in [6, 6.07) is 5.88. The topological polar surface area (TPSA) is 58.6 Å². The van der Waals surface area contributed by atoms with Crippen molar-refractivity contribution in [2.45, 2.75) is 51.2 Å². The van der Waals surface area contributed by atoms with Gasteiger partial charge in [0.1, 0.15) is 0 Å². The molecule has 0 aromatic heterocycles. The van der Waals surface area contributed by atoms with Crippen molar-refractivity contribution in [3.63, 3.8) is 0 Å². The molecule has 1 aromatic rings. The Morgan fingerprint density at radius 2 is 2.05 bits per heavy atom. The van der Waals surface area contributed by atoms with Crippen molar-refractivity contribution in [3.8, 4) is 0 Å². The Balaban J connectivity index is 2.15. The smallest absolute Gasteiger partial charge is 0.307 e. The summed E-state index contributed by atoms with van der Waals surface area (Å²) in [6.07, 6.45) is 4.14. The van der Waals surface area contributed by atoms with E-state index in [0.29, 0.717) is 6.54 Å². The Morgan fingerprint density at radius 1 is 1.33 bits per heavy atom. The monoisotopic (exact) mass is 291 g/mol. The van der Waals surface area contributed by atoms with Crippen molar-refractivity contribution < 1.29 is 14.6 Å². The van der Waals surface area contributed by atoms with Gasteiger partial charge in [0, 0.05) is 6.04 Å². The second-order valence-electron chi connectivity index (χ2n) is 5.62. The molecule has 1 aliphatic carbocycles. The van der Waals surface area contributed by atoms with E-state index in [4.69, 9.17) is 4.74 Å². The maximum Gasteiger partial charge on any atom is 0.307 e. The quantitative estimate of drug-likeness (QED) is 0.788. The molecule has 116 valence electrons. The predicted molar refractivity (Wildman–Crippen MR) is 82.1 cm³/mol. The summed E-state index contributed by atoms with van der Waals surface area (Å²) in [4.78, 5) is 11.5. The van der Waals surface area contributed by atoms with Gasteiger partial charge in [-0.15, -0.1) is 0 Å². The van der Waals surface area contributed by atoms with Crippen LogP contribution in [0.25, 0.3) is 0 Å². The molecule has 2 unspecified atom stereocenters. The molecule has 0 saturated heterocycles. The van der Waals surface area contributed by atoms with Gasteiger partial charge in [0.25, 0.3) is 0 Å². The molecule has 21 heavy (non-hydrogen) atoms. The van der Waals surface area contributed by atoms with Gasteiger partial charge in [-0.1, -0.05) is 25.1 Å². The minimum absolute atomic E-state index is 0.169. The van der Waals surface area contributed by atoms with E-state index in [1.54, 1.807) is 0 Å². The van der Waals surface area contributed by atoms with Gasteiger partial charge < -0.3 is 15.2 Å². The number of aliphatic hydroxyl groups excluding tert-OH is 1. The van der Waals surface area contributed by atoms with Gasteiger partial charge in [-0.05, 0) is 48.9 Å². The second kappa shape index (κ2) is 7.57. The highest BCUT2D eigenvalue weighted by atomic mass is 16.5. The predicted octanol–water partition coefficient (Wildman–Crippen LogP) is 2.14. The number of hydrogen-bond donors (Lipinski definition) is 2. The fraction of sp³-hybridized carbons (Fsp3) is 0.588. The number of likely N-dealkylation sites (N-methyl/N-ethyl adjacent to an activating group) is 1. The van der Waals surface area contributed by atoms with Crippen LogP contribution in [0.3, 0.4) is 0 Å². The lowest BCUT2D eigenvalue weighted by molar-refractivity contribution is -0.142. The maximum absolute atomic E-state index is 11.5. The number of aliphatic hydroxyl groups is 1. The average Bonchev–Trinajstić information content (AvgIpc) is 2.53. The minimum Gasteiger partial charge on any atom is -0.469 e. The number of nitrogens with one attached hydrogen (secondary N) is 1. The summed E-state index contributed by atoms with van der Waals surface area (Å²) in [6.45, 7) is 2.66. The Hall–Kier alpha value is -1.39. The Bertz CT molecular complexity index is 487. The van der Waals surface area contributed by atoms with Crippen molar-refractivity contribution >= 4 is 5.97 Å². The van der Waals surface area contributed by atoms with Gasteiger partial charge in [-0.25, -0.2) is 0 Å². The lowest BCUT2D eigenvalue weighted by Crippen LogP contribution is -2.37. The van der Waals surface area contributed by atoms with E-state index < -0.39 is 6.10 Å². The summed E-state index contributed by atoms with van der Waals surface area (Å²) >= 11 is 0. The summed E-state index contributed by atoms with van der Waals surface area (Å²) in [5.41, 5.74) is 3.61. The van der Waals surface area contributed by atoms with E-state index in [9.17, 15) is 9.90 Å². The number of carbonyl (C=O) groups is 1. The molecule has 4 heteroatoms. The minimum atomic E-state index is -0.698. The fourth-order valence-electron chi connectivity index (χ4n) is 2.99. The van der Waals surface area contributed by atoms with E-state index in [1.165, 1.54) is 31.1 Å². The van der Waals surface area contributed by atoms with Crippen molar-refractivity contribution in [2.24, 2.45) is 0 Å².